The van der Waals surface area contributed by atoms with Crippen molar-refractivity contribution in [2.45, 2.75) is 13.0 Å². The fourth-order valence-electron chi connectivity index (χ4n) is 2.55. The zero-order valence-corrected chi connectivity index (χ0v) is 12.5. The van der Waals surface area contributed by atoms with E-state index in [1.54, 1.807) is 37.3 Å². The molecule has 118 valence electrons. The smallest absolute Gasteiger partial charge is 0.331 e. The van der Waals surface area contributed by atoms with E-state index in [0.717, 1.165) is 0 Å². The van der Waals surface area contributed by atoms with E-state index in [-0.39, 0.29) is 19.0 Å². The molecule has 1 aromatic carbocycles. The van der Waals surface area contributed by atoms with Crippen molar-refractivity contribution in [3.63, 3.8) is 0 Å². The van der Waals surface area contributed by atoms with Gasteiger partial charge in [0, 0.05) is 17.5 Å². The third-order valence-electron chi connectivity index (χ3n) is 3.60. The average Bonchev–Trinajstić information content (AvgIpc) is 2.73. The Morgan fingerprint density at radius 3 is 2.83 bits per heavy atom. The Hall–Kier alpha value is -2.96. The molecule has 1 N–H and O–H groups in total. The molecular weight excluding hydrogens is 298 g/mol. The number of para-hydroxylation sites is 1. The van der Waals surface area contributed by atoms with Crippen molar-refractivity contribution in [2.24, 2.45) is 0 Å². The quantitative estimate of drug-likeness (QED) is 0.902. The van der Waals surface area contributed by atoms with E-state index in [1.165, 1.54) is 11.1 Å². The van der Waals surface area contributed by atoms with Crippen molar-refractivity contribution in [3.8, 4) is 5.75 Å². The topological polar surface area (TPSA) is 92.6 Å². The molecule has 7 heteroatoms. The zero-order chi connectivity index (χ0) is 16.4. The van der Waals surface area contributed by atoms with Gasteiger partial charge in [0.2, 0.25) is 5.82 Å². The lowest BCUT2D eigenvalue weighted by Crippen LogP contribution is -2.40. The van der Waals surface area contributed by atoms with Crippen LogP contribution < -0.4 is 4.74 Å². The first kappa shape index (κ1) is 15.0. The summed E-state index contributed by atoms with van der Waals surface area (Å²) in [5, 5.41) is 9.64. The minimum atomic E-state index is -1.13. The first-order chi connectivity index (χ1) is 11.1. The molecule has 0 saturated carbocycles. The summed E-state index contributed by atoms with van der Waals surface area (Å²) in [6, 6.07) is 7.37. The van der Waals surface area contributed by atoms with Crippen LogP contribution in [-0.4, -0.2) is 45.0 Å². The molecule has 1 aliphatic heterocycles. The number of carbonyl (C=O) groups excluding carboxylic acids is 1. The lowest BCUT2D eigenvalue weighted by molar-refractivity contribution is -0.142. The number of hydrogen-bond donors (Lipinski definition) is 1. The molecule has 1 aromatic heterocycles. The number of benzene rings is 1. The van der Waals surface area contributed by atoms with Crippen LogP contribution in [0.1, 0.15) is 27.9 Å². The van der Waals surface area contributed by atoms with E-state index < -0.39 is 17.9 Å². The molecule has 3 rings (SSSR count). The van der Waals surface area contributed by atoms with Crippen LogP contribution in [0.5, 0.6) is 5.75 Å². The highest BCUT2D eigenvalue weighted by atomic mass is 16.5. The summed E-state index contributed by atoms with van der Waals surface area (Å²) in [5.41, 5.74) is 1.08. The summed E-state index contributed by atoms with van der Waals surface area (Å²) in [6.45, 7) is 2.09. The minimum Gasteiger partial charge on any atom is -0.491 e. The van der Waals surface area contributed by atoms with Crippen molar-refractivity contribution < 1.29 is 19.4 Å². The van der Waals surface area contributed by atoms with Crippen LogP contribution in [0.3, 0.4) is 0 Å². The van der Waals surface area contributed by atoms with Crippen LogP contribution in [-0.2, 0) is 4.79 Å². The SMILES string of the molecule is Cc1ccnc(C(=O)N2CCOc3ccccc3C2C(=O)O)n1. The summed E-state index contributed by atoms with van der Waals surface area (Å²) in [7, 11) is 0. The molecule has 1 atom stereocenters. The van der Waals surface area contributed by atoms with Gasteiger partial charge in [-0.2, -0.15) is 0 Å². The van der Waals surface area contributed by atoms with Gasteiger partial charge in [0.25, 0.3) is 5.91 Å². The van der Waals surface area contributed by atoms with Gasteiger partial charge in [0.15, 0.2) is 6.04 Å². The van der Waals surface area contributed by atoms with Crippen LogP contribution in [0.25, 0.3) is 0 Å². The lowest BCUT2D eigenvalue weighted by Gasteiger charge is -2.26. The number of carboxylic acids is 1. The molecule has 0 radical (unpaired) electrons. The monoisotopic (exact) mass is 313 g/mol. The van der Waals surface area contributed by atoms with E-state index in [1.807, 2.05) is 0 Å². The van der Waals surface area contributed by atoms with Crippen LogP contribution >= 0.6 is 0 Å². The van der Waals surface area contributed by atoms with E-state index in [9.17, 15) is 14.7 Å². The number of rotatable bonds is 2. The van der Waals surface area contributed by atoms with Crippen molar-refractivity contribution >= 4 is 11.9 Å². The van der Waals surface area contributed by atoms with E-state index in [0.29, 0.717) is 17.0 Å². The molecule has 7 nitrogen and oxygen atoms in total. The Morgan fingerprint density at radius 2 is 2.09 bits per heavy atom. The Bertz CT molecular complexity index is 762. The Labute approximate surface area is 132 Å². The van der Waals surface area contributed by atoms with Gasteiger partial charge < -0.3 is 14.7 Å². The second-order valence-electron chi connectivity index (χ2n) is 5.15. The van der Waals surface area contributed by atoms with Crippen molar-refractivity contribution in [3.05, 3.63) is 53.6 Å². The van der Waals surface area contributed by atoms with Gasteiger partial charge in [-0.1, -0.05) is 18.2 Å². The van der Waals surface area contributed by atoms with Crippen LogP contribution in [0, 0.1) is 6.92 Å². The molecular formula is C16H15N3O4. The number of fused-ring (bicyclic) bond motifs is 1. The number of ether oxygens (including phenoxy) is 1. The molecule has 0 saturated heterocycles. The molecule has 0 bridgehead atoms. The first-order valence-electron chi connectivity index (χ1n) is 7.13. The second-order valence-corrected chi connectivity index (χ2v) is 5.15. The highest BCUT2D eigenvalue weighted by Gasteiger charge is 2.36. The summed E-state index contributed by atoms with van der Waals surface area (Å²) in [5.74, 6) is -1.19. The zero-order valence-electron chi connectivity index (χ0n) is 12.5. The normalized spacial score (nSPS) is 16.9. The van der Waals surface area contributed by atoms with E-state index in [2.05, 4.69) is 9.97 Å². The minimum absolute atomic E-state index is 0.0179. The summed E-state index contributed by atoms with van der Waals surface area (Å²) in [6.07, 6.45) is 1.48. The fraction of sp³-hybridized carbons (Fsp3) is 0.250. The predicted molar refractivity (Wildman–Crippen MR) is 80.1 cm³/mol. The van der Waals surface area contributed by atoms with Gasteiger partial charge in [0.05, 0.1) is 6.54 Å². The molecule has 1 unspecified atom stereocenters. The number of aryl methyl sites for hydroxylation is 1. The molecule has 0 aliphatic carbocycles. The van der Waals surface area contributed by atoms with Crippen LogP contribution in [0.15, 0.2) is 36.5 Å². The Morgan fingerprint density at radius 1 is 1.30 bits per heavy atom. The maximum atomic E-state index is 12.7. The molecule has 23 heavy (non-hydrogen) atoms. The Balaban J connectivity index is 2.03. The van der Waals surface area contributed by atoms with E-state index >= 15 is 0 Å². The third kappa shape index (κ3) is 2.85. The van der Waals surface area contributed by atoms with Crippen molar-refractivity contribution in [1.29, 1.82) is 0 Å². The number of nitrogens with zero attached hydrogens (tertiary/aromatic N) is 3. The largest absolute Gasteiger partial charge is 0.491 e. The summed E-state index contributed by atoms with van der Waals surface area (Å²) >= 11 is 0. The molecule has 1 amide bonds. The van der Waals surface area contributed by atoms with Crippen LogP contribution in [0.2, 0.25) is 0 Å². The third-order valence-corrected chi connectivity index (χ3v) is 3.60. The maximum Gasteiger partial charge on any atom is 0.331 e. The number of carboxylic acid groups (broad SMARTS) is 1. The molecule has 2 aromatic rings. The summed E-state index contributed by atoms with van der Waals surface area (Å²) < 4.78 is 5.57. The van der Waals surface area contributed by atoms with Gasteiger partial charge in [-0.3, -0.25) is 4.79 Å². The Kier molecular flexibility index (Phi) is 3.92. The number of aromatic nitrogens is 2. The highest BCUT2D eigenvalue weighted by molar-refractivity contribution is 5.94. The van der Waals surface area contributed by atoms with Gasteiger partial charge in [-0.15, -0.1) is 0 Å². The maximum absolute atomic E-state index is 12.7. The fourth-order valence-corrected chi connectivity index (χ4v) is 2.55. The van der Waals surface area contributed by atoms with Crippen molar-refractivity contribution in [2.75, 3.05) is 13.2 Å². The predicted octanol–water partition coefficient (Wildman–Crippen LogP) is 1.45. The number of aliphatic carboxylic acids is 1. The van der Waals surface area contributed by atoms with Gasteiger partial charge >= 0.3 is 5.97 Å². The number of hydrogen-bond acceptors (Lipinski definition) is 5. The van der Waals surface area contributed by atoms with Gasteiger partial charge in [-0.05, 0) is 19.1 Å². The average molecular weight is 313 g/mol. The number of amides is 1. The van der Waals surface area contributed by atoms with Gasteiger partial charge in [0.1, 0.15) is 12.4 Å². The van der Waals surface area contributed by atoms with Gasteiger partial charge in [-0.25, -0.2) is 14.8 Å². The number of carbonyl (C=O) groups is 2. The highest BCUT2D eigenvalue weighted by Crippen LogP contribution is 2.32. The molecule has 0 spiro atoms. The molecule has 1 aliphatic rings. The molecule has 0 fully saturated rings. The summed E-state index contributed by atoms with van der Waals surface area (Å²) in [4.78, 5) is 33.8. The van der Waals surface area contributed by atoms with Crippen LogP contribution in [0.4, 0.5) is 0 Å². The second kappa shape index (κ2) is 6.04. The lowest BCUT2D eigenvalue weighted by atomic mass is 10.0. The van der Waals surface area contributed by atoms with Crippen molar-refractivity contribution in [1.82, 2.24) is 14.9 Å². The first-order valence-corrected chi connectivity index (χ1v) is 7.13. The molecule has 2 heterocycles. The standard InChI is InChI=1S/C16H15N3O4/c1-10-6-7-17-14(18-10)15(20)19-8-9-23-12-5-3-2-4-11(12)13(19)16(21)22/h2-7,13H,8-9H2,1H3,(H,21,22). The van der Waals surface area contributed by atoms with E-state index in [4.69, 9.17) is 4.74 Å².